The molecule has 3 atom stereocenters. The quantitative estimate of drug-likeness (QED) is 0.203. The normalized spacial score (nSPS) is 16.1. The minimum Gasteiger partial charge on any atom is -0.466 e. The maximum absolute atomic E-state index is 13.7. The number of fused-ring (bicyclic) bond motifs is 1. The van der Waals surface area contributed by atoms with Gasteiger partial charge in [-0.15, -0.1) is 5.10 Å². The van der Waals surface area contributed by atoms with Gasteiger partial charge >= 0.3 is 5.97 Å². The van der Waals surface area contributed by atoms with E-state index in [2.05, 4.69) is 31.1 Å². The highest BCUT2D eigenvalue weighted by molar-refractivity contribution is 6.00. The maximum atomic E-state index is 13.7. The molecule has 1 saturated heterocycles. The van der Waals surface area contributed by atoms with Crippen molar-refractivity contribution in [2.45, 2.75) is 70.6 Å². The van der Waals surface area contributed by atoms with Gasteiger partial charge in [0.1, 0.15) is 18.6 Å². The molecule has 0 spiro atoms. The number of benzene rings is 2. The molecule has 14 nitrogen and oxygen atoms in total. The standard InChI is InChI=1S/C34H38N8O6/c1-3-48-31(44)19-28(29(43)21-42-30(38-39-40-42)17-23-11-5-4-6-12-23)37-32(45)22(2)41-16-10-9-15-27(34(41)47)36-33(46)25-18-24-13-7-8-14-26(24)35-20-25/h4-8,11-14,18,20,22,27-28H,3,9-10,15-17,19,21H2,1-2H3,(H,36,46)(H,37,45)/t22?,27-,28?/m0/s1. The number of pyridine rings is 1. The number of nitrogens with one attached hydrogen (secondary N) is 2. The van der Waals surface area contributed by atoms with Crippen molar-refractivity contribution in [3.63, 3.8) is 0 Å². The number of carbonyl (C=O) groups is 5. The zero-order valence-corrected chi connectivity index (χ0v) is 26.9. The lowest BCUT2D eigenvalue weighted by Gasteiger charge is -2.31. The van der Waals surface area contributed by atoms with Gasteiger partial charge in [0, 0.05) is 24.5 Å². The molecule has 2 N–H and O–H groups in total. The summed E-state index contributed by atoms with van der Waals surface area (Å²) in [5.41, 5.74) is 2.01. The van der Waals surface area contributed by atoms with E-state index in [4.69, 9.17) is 4.74 Å². The van der Waals surface area contributed by atoms with Crippen LogP contribution in [0.25, 0.3) is 10.9 Å². The molecule has 5 rings (SSSR count). The first-order valence-corrected chi connectivity index (χ1v) is 16.0. The van der Waals surface area contributed by atoms with Gasteiger partial charge in [0.05, 0.1) is 30.1 Å². The lowest BCUT2D eigenvalue weighted by molar-refractivity contribution is -0.146. The van der Waals surface area contributed by atoms with E-state index >= 15 is 0 Å². The summed E-state index contributed by atoms with van der Waals surface area (Å²) >= 11 is 0. The molecule has 2 aromatic heterocycles. The number of hydrogen-bond acceptors (Lipinski definition) is 10. The van der Waals surface area contributed by atoms with Gasteiger partial charge in [-0.1, -0.05) is 48.5 Å². The molecule has 0 radical (unpaired) electrons. The van der Waals surface area contributed by atoms with E-state index in [1.54, 1.807) is 19.9 Å². The van der Waals surface area contributed by atoms with Crippen LogP contribution in [0.4, 0.5) is 0 Å². The largest absolute Gasteiger partial charge is 0.466 e. The van der Waals surface area contributed by atoms with Crippen LogP contribution in [0.5, 0.6) is 0 Å². The van der Waals surface area contributed by atoms with Gasteiger partial charge in [-0.25, -0.2) is 4.68 Å². The Morgan fingerprint density at radius 3 is 2.60 bits per heavy atom. The molecule has 3 amide bonds. The number of Topliss-reactive ketones (excluding diaryl/α,β-unsaturated/α-hetero) is 1. The number of ether oxygens (including phenoxy) is 1. The molecule has 0 bridgehead atoms. The second kappa shape index (κ2) is 15.8. The Morgan fingerprint density at radius 1 is 1.04 bits per heavy atom. The number of esters is 1. The van der Waals surface area contributed by atoms with Gasteiger partial charge in [0.15, 0.2) is 11.6 Å². The van der Waals surface area contributed by atoms with Crippen LogP contribution in [0.15, 0.2) is 66.9 Å². The van der Waals surface area contributed by atoms with Gasteiger partial charge in [-0.05, 0) is 61.2 Å². The number of aromatic nitrogens is 5. The molecule has 0 saturated carbocycles. The van der Waals surface area contributed by atoms with E-state index < -0.39 is 54.0 Å². The summed E-state index contributed by atoms with van der Waals surface area (Å²) in [6.45, 7) is 3.28. The predicted molar refractivity (Wildman–Crippen MR) is 173 cm³/mol. The van der Waals surface area contributed by atoms with Crippen LogP contribution in [-0.4, -0.2) is 90.8 Å². The lowest BCUT2D eigenvalue weighted by Crippen LogP contribution is -2.56. The van der Waals surface area contributed by atoms with Crippen LogP contribution in [0, 0.1) is 0 Å². The van der Waals surface area contributed by atoms with E-state index in [1.807, 2.05) is 54.6 Å². The average Bonchev–Trinajstić information content (AvgIpc) is 3.44. The SMILES string of the molecule is CCOC(=O)CC(NC(=O)C(C)N1CCCC[C@H](NC(=O)c2cnc3ccccc3c2)C1=O)C(=O)Cn1nnnc1Cc1ccccc1. The Morgan fingerprint density at radius 2 is 1.81 bits per heavy atom. The van der Waals surface area contributed by atoms with Crippen LogP contribution < -0.4 is 10.6 Å². The molecule has 1 fully saturated rings. The number of para-hydroxylation sites is 1. The fraction of sp³-hybridized carbons (Fsp3) is 0.382. The molecular weight excluding hydrogens is 616 g/mol. The first-order chi connectivity index (χ1) is 23.2. The van der Waals surface area contributed by atoms with Crippen molar-refractivity contribution in [3.05, 3.63) is 83.8 Å². The summed E-state index contributed by atoms with van der Waals surface area (Å²) in [6, 6.07) is 15.5. The van der Waals surface area contributed by atoms with E-state index in [0.29, 0.717) is 37.1 Å². The molecule has 0 aliphatic carbocycles. The van der Waals surface area contributed by atoms with Crippen LogP contribution in [0.3, 0.4) is 0 Å². The zero-order chi connectivity index (χ0) is 34.0. The Labute approximate surface area is 277 Å². The first-order valence-electron chi connectivity index (χ1n) is 16.0. The van der Waals surface area contributed by atoms with Gasteiger partial charge < -0.3 is 20.3 Å². The van der Waals surface area contributed by atoms with E-state index in [1.165, 1.54) is 15.8 Å². The number of tetrazole rings is 1. The van der Waals surface area contributed by atoms with Crippen molar-refractivity contribution in [3.8, 4) is 0 Å². The smallest absolute Gasteiger partial charge is 0.308 e. The molecule has 2 aromatic carbocycles. The third kappa shape index (κ3) is 8.43. The van der Waals surface area contributed by atoms with Gasteiger partial charge in [0.25, 0.3) is 5.91 Å². The highest BCUT2D eigenvalue weighted by Crippen LogP contribution is 2.18. The van der Waals surface area contributed by atoms with Crippen molar-refractivity contribution in [1.29, 1.82) is 0 Å². The topological polar surface area (TPSA) is 178 Å². The first kappa shape index (κ1) is 33.8. The summed E-state index contributed by atoms with van der Waals surface area (Å²) in [5, 5.41) is 18.0. The molecule has 2 unspecified atom stereocenters. The molecule has 48 heavy (non-hydrogen) atoms. The van der Waals surface area contributed by atoms with E-state index in [9.17, 15) is 24.0 Å². The third-order valence-electron chi connectivity index (χ3n) is 8.23. The van der Waals surface area contributed by atoms with E-state index in [-0.39, 0.29) is 19.7 Å². The average molecular weight is 655 g/mol. The van der Waals surface area contributed by atoms with Crippen LogP contribution in [-0.2, 0) is 36.9 Å². The minimum absolute atomic E-state index is 0.100. The monoisotopic (exact) mass is 654 g/mol. The number of amides is 3. The van der Waals surface area contributed by atoms with Crippen molar-refractivity contribution >= 4 is 40.4 Å². The number of rotatable bonds is 13. The number of ketones is 1. The molecule has 250 valence electrons. The summed E-state index contributed by atoms with van der Waals surface area (Å²) < 4.78 is 6.40. The maximum Gasteiger partial charge on any atom is 0.308 e. The van der Waals surface area contributed by atoms with Gasteiger partial charge in [-0.2, -0.15) is 0 Å². The fourth-order valence-corrected chi connectivity index (χ4v) is 5.59. The Bertz CT molecular complexity index is 1780. The number of nitrogens with zero attached hydrogens (tertiary/aromatic N) is 6. The molecule has 3 heterocycles. The van der Waals surface area contributed by atoms with Crippen molar-refractivity contribution in [2.75, 3.05) is 13.2 Å². The number of likely N-dealkylation sites (tertiary alicyclic amines) is 1. The second-order valence-electron chi connectivity index (χ2n) is 11.6. The Balaban J connectivity index is 1.26. The lowest BCUT2D eigenvalue weighted by atomic mass is 10.1. The van der Waals surface area contributed by atoms with Crippen molar-refractivity contribution in [2.24, 2.45) is 0 Å². The molecule has 14 heteroatoms. The molecule has 4 aromatic rings. The van der Waals surface area contributed by atoms with Crippen molar-refractivity contribution in [1.82, 2.24) is 40.7 Å². The number of hydrogen-bond donors (Lipinski definition) is 2. The Kier molecular flexibility index (Phi) is 11.2. The van der Waals surface area contributed by atoms with Gasteiger partial charge in [-0.3, -0.25) is 29.0 Å². The summed E-state index contributed by atoms with van der Waals surface area (Å²) in [5.74, 6) is -2.22. The fourth-order valence-electron chi connectivity index (χ4n) is 5.59. The van der Waals surface area contributed by atoms with Gasteiger partial charge in [0.2, 0.25) is 11.8 Å². The minimum atomic E-state index is -1.26. The summed E-state index contributed by atoms with van der Waals surface area (Å²) in [7, 11) is 0. The van der Waals surface area contributed by atoms with Crippen LogP contribution in [0.2, 0.25) is 0 Å². The summed E-state index contributed by atoms with van der Waals surface area (Å²) in [6.07, 6.45) is 3.10. The second-order valence-corrected chi connectivity index (χ2v) is 11.6. The molecule has 1 aliphatic heterocycles. The third-order valence-corrected chi connectivity index (χ3v) is 8.23. The Hall–Kier alpha value is -5.53. The highest BCUT2D eigenvalue weighted by atomic mass is 16.5. The predicted octanol–water partition coefficient (Wildman–Crippen LogP) is 2.02. The van der Waals surface area contributed by atoms with Crippen LogP contribution >= 0.6 is 0 Å². The van der Waals surface area contributed by atoms with Crippen molar-refractivity contribution < 1.29 is 28.7 Å². The number of carbonyl (C=O) groups excluding carboxylic acids is 5. The molecule has 1 aliphatic rings. The highest BCUT2D eigenvalue weighted by Gasteiger charge is 2.35. The van der Waals surface area contributed by atoms with E-state index in [0.717, 1.165) is 16.5 Å². The summed E-state index contributed by atoms with van der Waals surface area (Å²) in [4.78, 5) is 72.2. The zero-order valence-electron chi connectivity index (χ0n) is 26.9. The van der Waals surface area contributed by atoms with Crippen LogP contribution in [0.1, 0.15) is 61.3 Å². The molecular formula is C34H38N8O6.